The molecule has 0 aliphatic rings. The quantitative estimate of drug-likeness (QED) is 0.465. The average Bonchev–Trinajstić information content (AvgIpc) is 2.46. The largest absolute Gasteiger partial charge is 0.383 e. The Morgan fingerprint density at radius 2 is 2.04 bits per heavy atom. The highest BCUT2D eigenvalue weighted by molar-refractivity contribution is 8.00. The molecule has 1 unspecified atom stereocenters. The zero-order chi connectivity index (χ0) is 17.0. The normalized spacial score (nSPS) is 11.7. The van der Waals surface area contributed by atoms with Gasteiger partial charge in [0.05, 0.1) is 16.5 Å². The van der Waals surface area contributed by atoms with Gasteiger partial charge in [-0.05, 0) is 19.1 Å². The minimum atomic E-state index is -0.636. The number of nitrogens with one attached hydrogen (secondary N) is 2. The Balaban J connectivity index is 2.11. The maximum atomic E-state index is 12.2. The van der Waals surface area contributed by atoms with Crippen molar-refractivity contribution in [3.8, 4) is 0 Å². The number of nitrogens with two attached hydrogens (primary N) is 2. The van der Waals surface area contributed by atoms with Gasteiger partial charge in [-0.2, -0.15) is 0 Å². The van der Waals surface area contributed by atoms with Crippen molar-refractivity contribution in [2.24, 2.45) is 5.73 Å². The SMILES string of the molecule is CC(Sc1nc(N)cc(=O)[nH]1)C(=O)Nc1ccccc1C(N)=O. The first-order valence-corrected chi connectivity index (χ1v) is 7.48. The molecular weight excluding hydrogens is 318 g/mol. The van der Waals surface area contributed by atoms with Crippen molar-refractivity contribution in [2.75, 3.05) is 11.1 Å². The van der Waals surface area contributed by atoms with Crippen LogP contribution >= 0.6 is 11.8 Å². The zero-order valence-electron chi connectivity index (χ0n) is 12.2. The summed E-state index contributed by atoms with van der Waals surface area (Å²) in [5, 5.41) is 2.28. The molecule has 0 bridgehead atoms. The maximum Gasteiger partial charge on any atom is 0.253 e. The van der Waals surface area contributed by atoms with Gasteiger partial charge < -0.3 is 21.8 Å². The molecule has 0 spiro atoms. The smallest absolute Gasteiger partial charge is 0.253 e. The molecule has 2 aromatic rings. The summed E-state index contributed by atoms with van der Waals surface area (Å²) in [6.45, 7) is 1.63. The summed E-state index contributed by atoms with van der Waals surface area (Å²) in [7, 11) is 0. The van der Waals surface area contributed by atoms with Crippen LogP contribution in [0.1, 0.15) is 17.3 Å². The van der Waals surface area contributed by atoms with Crippen molar-refractivity contribution in [3.63, 3.8) is 0 Å². The van der Waals surface area contributed by atoms with Crippen LogP contribution in [0.3, 0.4) is 0 Å². The average molecular weight is 333 g/mol. The molecule has 0 saturated heterocycles. The Bertz CT molecular complexity index is 805. The zero-order valence-corrected chi connectivity index (χ0v) is 13.0. The molecule has 8 nitrogen and oxygen atoms in total. The van der Waals surface area contributed by atoms with Crippen LogP contribution in [0.25, 0.3) is 0 Å². The number of rotatable bonds is 5. The lowest BCUT2D eigenvalue weighted by molar-refractivity contribution is -0.115. The maximum absolute atomic E-state index is 12.2. The van der Waals surface area contributed by atoms with Crippen molar-refractivity contribution in [2.45, 2.75) is 17.3 Å². The number of anilines is 2. The third-order valence-corrected chi connectivity index (χ3v) is 3.83. The van der Waals surface area contributed by atoms with E-state index in [0.29, 0.717) is 5.69 Å². The highest BCUT2D eigenvalue weighted by Crippen LogP contribution is 2.21. The molecule has 1 aromatic heterocycles. The Hall–Kier alpha value is -2.81. The van der Waals surface area contributed by atoms with E-state index in [1.807, 2.05) is 0 Å². The van der Waals surface area contributed by atoms with Gasteiger partial charge in [-0.3, -0.25) is 14.4 Å². The van der Waals surface area contributed by atoms with E-state index in [1.54, 1.807) is 25.1 Å². The van der Waals surface area contributed by atoms with Gasteiger partial charge in [0.1, 0.15) is 5.82 Å². The summed E-state index contributed by atoms with van der Waals surface area (Å²) in [6.07, 6.45) is 0. The van der Waals surface area contributed by atoms with Crippen LogP contribution in [0.2, 0.25) is 0 Å². The predicted octanol–water partition coefficient (Wildman–Crippen LogP) is 0.570. The summed E-state index contributed by atoms with van der Waals surface area (Å²) in [5.41, 5.74) is 10.9. The van der Waals surface area contributed by atoms with Gasteiger partial charge in [0.15, 0.2) is 5.16 Å². The van der Waals surface area contributed by atoms with Gasteiger partial charge in [0, 0.05) is 6.07 Å². The summed E-state index contributed by atoms with van der Waals surface area (Å²) in [6, 6.07) is 7.58. The molecule has 6 N–H and O–H groups in total. The number of carbonyl (C=O) groups excluding carboxylic acids is 2. The molecule has 0 radical (unpaired) electrons. The van der Waals surface area contributed by atoms with Gasteiger partial charge in [0.2, 0.25) is 5.91 Å². The molecule has 1 heterocycles. The van der Waals surface area contributed by atoms with Gasteiger partial charge >= 0.3 is 0 Å². The van der Waals surface area contributed by atoms with E-state index in [1.165, 1.54) is 6.07 Å². The number of benzene rings is 1. The van der Waals surface area contributed by atoms with E-state index >= 15 is 0 Å². The fraction of sp³-hybridized carbons (Fsp3) is 0.143. The summed E-state index contributed by atoms with van der Waals surface area (Å²) in [5.74, 6) is -0.931. The van der Waals surface area contributed by atoms with Crippen molar-refractivity contribution < 1.29 is 9.59 Å². The molecule has 9 heteroatoms. The minimum Gasteiger partial charge on any atom is -0.383 e. The number of amides is 2. The number of hydrogen-bond acceptors (Lipinski definition) is 6. The summed E-state index contributed by atoms with van der Waals surface area (Å²) in [4.78, 5) is 41.3. The van der Waals surface area contributed by atoms with Gasteiger partial charge in [-0.1, -0.05) is 23.9 Å². The van der Waals surface area contributed by atoms with E-state index in [0.717, 1.165) is 17.8 Å². The topological polar surface area (TPSA) is 144 Å². The van der Waals surface area contributed by atoms with Crippen molar-refractivity contribution in [1.82, 2.24) is 9.97 Å². The first-order valence-electron chi connectivity index (χ1n) is 6.60. The first kappa shape index (κ1) is 16.6. The number of nitrogen functional groups attached to an aromatic ring is 1. The van der Waals surface area contributed by atoms with Crippen LogP contribution in [-0.2, 0) is 4.79 Å². The Labute approximate surface area is 135 Å². The predicted molar refractivity (Wildman–Crippen MR) is 88.2 cm³/mol. The van der Waals surface area contributed by atoms with Crippen molar-refractivity contribution in [1.29, 1.82) is 0 Å². The van der Waals surface area contributed by atoms with Gasteiger partial charge in [-0.15, -0.1) is 0 Å². The van der Waals surface area contributed by atoms with Crippen molar-refractivity contribution >= 4 is 35.1 Å². The number of para-hydroxylation sites is 1. The molecule has 2 rings (SSSR count). The first-order chi connectivity index (χ1) is 10.9. The van der Waals surface area contributed by atoms with E-state index in [-0.39, 0.29) is 22.4 Å². The van der Waals surface area contributed by atoms with E-state index < -0.39 is 16.7 Å². The molecule has 120 valence electrons. The van der Waals surface area contributed by atoms with Crippen LogP contribution in [-0.4, -0.2) is 27.0 Å². The summed E-state index contributed by atoms with van der Waals surface area (Å²) < 4.78 is 0. The lowest BCUT2D eigenvalue weighted by Gasteiger charge is -2.13. The highest BCUT2D eigenvalue weighted by atomic mass is 32.2. The minimum absolute atomic E-state index is 0.0722. The number of hydrogen-bond donors (Lipinski definition) is 4. The number of primary amides is 1. The molecular formula is C14H15N5O3S. The molecule has 2 amide bonds. The lowest BCUT2D eigenvalue weighted by atomic mass is 10.1. The van der Waals surface area contributed by atoms with E-state index in [2.05, 4.69) is 15.3 Å². The van der Waals surface area contributed by atoms with Crippen LogP contribution in [0.15, 0.2) is 40.3 Å². The van der Waals surface area contributed by atoms with E-state index in [9.17, 15) is 14.4 Å². The molecule has 0 saturated carbocycles. The second-order valence-corrected chi connectivity index (χ2v) is 5.96. The number of carbonyl (C=O) groups is 2. The molecule has 0 aliphatic heterocycles. The fourth-order valence-corrected chi connectivity index (χ4v) is 2.59. The third kappa shape index (κ3) is 4.33. The summed E-state index contributed by atoms with van der Waals surface area (Å²) >= 11 is 1.04. The molecule has 0 aliphatic carbocycles. The third-order valence-electron chi connectivity index (χ3n) is 2.85. The highest BCUT2D eigenvalue weighted by Gasteiger charge is 2.18. The molecule has 23 heavy (non-hydrogen) atoms. The molecule has 0 fully saturated rings. The number of aromatic nitrogens is 2. The Morgan fingerprint density at radius 1 is 1.35 bits per heavy atom. The Kier molecular flexibility index (Phi) is 5.02. The monoisotopic (exact) mass is 333 g/mol. The fourth-order valence-electron chi connectivity index (χ4n) is 1.77. The van der Waals surface area contributed by atoms with Crippen LogP contribution < -0.4 is 22.3 Å². The van der Waals surface area contributed by atoms with Crippen LogP contribution in [0, 0.1) is 0 Å². The number of thioether (sulfide) groups is 1. The standard InChI is InChI=1S/C14H15N5O3S/c1-7(23-14-18-10(15)6-11(20)19-14)13(22)17-9-5-3-2-4-8(9)12(16)21/h2-7H,1H3,(H2,16,21)(H,17,22)(H3,15,18,19,20). The second kappa shape index (κ2) is 6.97. The van der Waals surface area contributed by atoms with Gasteiger partial charge in [0.25, 0.3) is 11.5 Å². The number of nitrogens with zero attached hydrogens (tertiary/aromatic N) is 1. The van der Waals surface area contributed by atoms with Crippen LogP contribution in [0.4, 0.5) is 11.5 Å². The van der Waals surface area contributed by atoms with Crippen molar-refractivity contribution in [3.05, 3.63) is 46.2 Å². The lowest BCUT2D eigenvalue weighted by Crippen LogP contribution is -2.25. The Morgan fingerprint density at radius 3 is 2.70 bits per heavy atom. The van der Waals surface area contributed by atoms with Gasteiger partial charge in [-0.25, -0.2) is 4.98 Å². The van der Waals surface area contributed by atoms with E-state index in [4.69, 9.17) is 11.5 Å². The molecule has 1 aromatic carbocycles. The number of H-pyrrole nitrogens is 1. The second-order valence-electron chi connectivity index (χ2n) is 4.63. The number of aromatic amines is 1. The molecule has 1 atom stereocenters. The van der Waals surface area contributed by atoms with Crippen LogP contribution in [0.5, 0.6) is 0 Å².